The van der Waals surface area contributed by atoms with E-state index in [-0.39, 0.29) is 12.1 Å². The van der Waals surface area contributed by atoms with E-state index in [0.29, 0.717) is 19.5 Å². The van der Waals surface area contributed by atoms with Crippen molar-refractivity contribution in [2.24, 2.45) is 0 Å². The fraction of sp³-hybridized carbons (Fsp3) is 0.471. The maximum absolute atomic E-state index is 11.9. The first-order valence-corrected chi connectivity index (χ1v) is 7.71. The third kappa shape index (κ3) is 4.01. The second kappa shape index (κ2) is 7.31. The summed E-state index contributed by atoms with van der Waals surface area (Å²) in [5.41, 5.74) is 3.61. The lowest BCUT2D eigenvalue weighted by atomic mass is 10.1. The number of aryl methyl sites for hydroxylation is 1. The van der Waals surface area contributed by atoms with Crippen LogP contribution in [-0.2, 0) is 6.42 Å². The van der Waals surface area contributed by atoms with Crippen molar-refractivity contribution in [1.29, 1.82) is 0 Å². The summed E-state index contributed by atoms with van der Waals surface area (Å²) in [6.07, 6.45) is 3.01. The number of aliphatic hydroxyl groups excluding tert-OH is 1. The molecule has 1 unspecified atom stereocenters. The topological polar surface area (TPSA) is 68.4 Å². The van der Waals surface area contributed by atoms with E-state index in [4.69, 9.17) is 0 Å². The van der Waals surface area contributed by atoms with Crippen LogP contribution in [0.5, 0.6) is 0 Å². The quantitative estimate of drug-likeness (QED) is 0.767. The summed E-state index contributed by atoms with van der Waals surface area (Å²) in [7, 11) is 1.74. The molecule has 22 heavy (non-hydrogen) atoms. The van der Waals surface area contributed by atoms with Gasteiger partial charge in [0.15, 0.2) is 0 Å². The fourth-order valence-corrected chi connectivity index (χ4v) is 2.49. The molecule has 0 radical (unpaired) electrons. The monoisotopic (exact) mass is 303 g/mol. The Balaban J connectivity index is 1.85. The van der Waals surface area contributed by atoms with Crippen LogP contribution in [-0.4, -0.2) is 47.3 Å². The maximum atomic E-state index is 11.9. The van der Waals surface area contributed by atoms with E-state index in [9.17, 15) is 9.90 Å². The minimum atomic E-state index is -0.385. The van der Waals surface area contributed by atoms with Crippen molar-refractivity contribution in [3.05, 3.63) is 35.5 Å². The molecule has 1 aromatic heterocycles. The van der Waals surface area contributed by atoms with E-state index < -0.39 is 0 Å². The third-order valence-electron chi connectivity index (χ3n) is 3.91. The van der Waals surface area contributed by atoms with Gasteiger partial charge in [-0.1, -0.05) is 18.2 Å². The predicted octanol–water partition coefficient (Wildman–Crippen LogP) is 2.43. The minimum absolute atomic E-state index is 0.100. The number of rotatable bonds is 6. The largest absolute Gasteiger partial charge is 0.393 e. The van der Waals surface area contributed by atoms with Crippen LogP contribution < -0.4 is 5.32 Å². The first-order chi connectivity index (χ1) is 10.5. The number of aliphatic hydroxyl groups is 1. The van der Waals surface area contributed by atoms with Crippen molar-refractivity contribution >= 4 is 16.9 Å². The molecule has 5 nitrogen and oxygen atoms in total. The van der Waals surface area contributed by atoms with E-state index in [2.05, 4.69) is 35.4 Å². The molecule has 1 aromatic carbocycles. The average molecular weight is 303 g/mol. The highest BCUT2D eigenvalue weighted by molar-refractivity contribution is 5.85. The van der Waals surface area contributed by atoms with Crippen LogP contribution in [0.25, 0.3) is 10.9 Å². The van der Waals surface area contributed by atoms with Gasteiger partial charge in [0.05, 0.1) is 6.10 Å². The van der Waals surface area contributed by atoms with E-state index in [1.54, 1.807) is 18.9 Å². The molecule has 5 heteroatoms. The number of hydrogen-bond donors (Lipinski definition) is 3. The normalized spacial score (nSPS) is 12.4. The van der Waals surface area contributed by atoms with Gasteiger partial charge in [-0.3, -0.25) is 0 Å². The summed E-state index contributed by atoms with van der Waals surface area (Å²) in [5, 5.41) is 13.4. The number of para-hydroxylation sites is 1. The number of aromatic nitrogens is 1. The molecular formula is C17H25N3O2. The Hall–Kier alpha value is -2.01. The number of amides is 2. The highest BCUT2D eigenvalue weighted by Gasteiger charge is 2.10. The van der Waals surface area contributed by atoms with Crippen LogP contribution in [0.4, 0.5) is 4.79 Å². The van der Waals surface area contributed by atoms with Crippen LogP contribution in [0, 0.1) is 6.92 Å². The molecule has 120 valence electrons. The second-order valence-electron chi connectivity index (χ2n) is 5.85. The standard InChI is InChI=1S/C17H25N3O2/c1-12-5-4-6-15-14(11-19-16(12)15)7-9-18-17(22)20(3)10-8-13(2)21/h4-6,11,13,19,21H,7-10H2,1-3H3,(H,18,22). The Morgan fingerprint density at radius 2 is 2.23 bits per heavy atom. The van der Waals surface area contributed by atoms with E-state index in [0.717, 1.165) is 11.9 Å². The lowest BCUT2D eigenvalue weighted by molar-refractivity contribution is 0.163. The average Bonchev–Trinajstić information content (AvgIpc) is 2.89. The molecule has 3 N–H and O–H groups in total. The SMILES string of the molecule is Cc1cccc2c(CCNC(=O)N(C)CCC(C)O)c[nH]c12. The van der Waals surface area contributed by atoms with Crippen molar-refractivity contribution < 1.29 is 9.90 Å². The van der Waals surface area contributed by atoms with Gasteiger partial charge in [0.1, 0.15) is 0 Å². The van der Waals surface area contributed by atoms with Gasteiger partial charge >= 0.3 is 6.03 Å². The summed E-state index contributed by atoms with van der Waals surface area (Å²) in [6.45, 7) is 4.96. The smallest absolute Gasteiger partial charge is 0.317 e. The molecule has 1 atom stereocenters. The Morgan fingerprint density at radius 3 is 2.95 bits per heavy atom. The summed E-state index contributed by atoms with van der Waals surface area (Å²) >= 11 is 0. The Kier molecular flexibility index (Phi) is 5.44. The van der Waals surface area contributed by atoms with Gasteiger partial charge in [0.2, 0.25) is 0 Å². The number of aromatic amines is 1. The Labute approximate surface area is 131 Å². The summed E-state index contributed by atoms with van der Waals surface area (Å²) in [4.78, 5) is 16.8. The molecule has 2 aromatic rings. The minimum Gasteiger partial charge on any atom is -0.393 e. The van der Waals surface area contributed by atoms with Gasteiger partial charge in [-0.2, -0.15) is 0 Å². The van der Waals surface area contributed by atoms with Gasteiger partial charge in [0, 0.05) is 37.2 Å². The summed E-state index contributed by atoms with van der Waals surface area (Å²) in [5.74, 6) is 0. The number of nitrogens with zero attached hydrogens (tertiary/aromatic N) is 1. The lowest BCUT2D eigenvalue weighted by Gasteiger charge is -2.18. The van der Waals surface area contributed by atoms with Crippen molar-refractivity contribution in [1.82, 2.24) is 15.2 Å². The van der Waals surface area contributed by atoms with Crippen LogP contribution in [0.15, 0.2) is 24.4 Å². The number of H-pyrrole nitrogens is 1. The molecule has 0 saturated carbocycles. The fourth-order valence-electron chi connectivity index (χ4n) is 2.49. The molecule has 0 fully saturated rings. The van der Waals surface area contributed by atoms with Gasteiger partial charge in [-0.25, -0.2) is 4.79 Å². The van der Waals surface area contributed by atoms with Gasteiger partial charge < -0.3 is 20.3 Å². The van der Waals surface area contributed by atoms with Gasteiger partial charge in [-0.15, -0.1) is 0 Å². The number of fused-ring (bicyclic) bond motifs is 1. The number of carbonyl (C=O) groups excluding carboxylic acids is 1. The van der Waals surface area contributed by atoms with Crippen molar-refractivity contribution in [2.45, 2.75) is 32.8 Å². The highest BCUT2D eigenvalue weighted by atomic mass is 16.3. The lowest BCUT2D eigenvalue weighted by Crippen LogP contribution is -2.39. The molecule has 0 spiro atoms. The maximum Gasteiger partial charge on any atom is 0.317 e. The van der Waals surface area contributed by atoms with E-state index in [1.165, 1.54) is 16.5 Å². The zero-order valence-corrected chi connectivity index (χ0v) is 13.5. The number of nitrogens with one attached hydrogen (secondary N) is 2. The van der Waals surface area contributed by atoms with E-state index in [1.807, 2.05) is 6.20 Å². The molecule has 0 aliphatic rings. The molecule has 0 aliphatic heterocycles. The first kappa shape index (κ1) is 16.4. The third-order valence-corrected chi connectivity index (χ3v) is 3.91. The molecule has 0 saturated heterocycles. The van der Waals surface area contributed by atoms with Crippen LogP contribution in [0.3, 0.4) is 0 Å². The molecule has 1 heterocycles. The van der Waals surface area contributed by atoms with Gasteiger partial charge in [0.25, 0.3) is 0 Å². The number of benzene rings is 1. The van der Waals surface area contributed by atoms with Crippen LogP contribution in [0.2, 0.25) is 0 Å². The van der Waals surface area contributed by atoms with Crippen LogP contribution >= 0.6 is 0 Å². The summed E-state index contributed by atoms with van der Waals surface area (Å²) < 4.78 is 0. The molecule has 2 rings (SSSR count). The zero-order valence-electron chi connectivity index (χ0n) is 13.5. The molecule has 0 aliphatic carbocycles. The van der Waals surface area contributed by atoms with Crippen molar-refractivity contribution in [3.8, 4) is 0 Å². The number of carbonyl (C=O) groups is 1. The molecule has 0 bridgehead atoms. The number of hydrogen-bond acceptors (Lipinski definition) is 2. The Morgan fingerprint density at radius 1 is 1.45 bits per heavy atom. The Bertz CT molecular complexity index is 634. The molecule has 2 amide bonds. The highest BCUT2D eigenvalue weighted by Crippen LogP contribution is 2.21. The van der Waals surface area contributed by atoms with Crippen molar-refractivity contribution in [2.75, 3.05) is 20.1 Å². The molecular weight excluding hydrogens is 278 g/mol. The van der Waals surface area contributed by atoms with E-state index >= 15 is 0 Å². The first-order valence-electron chi connectivity index (χ1n) is 7.71. The summed E-state index contributed by atoms with van der Waals surface area (Å²) in [6, 6.07) is 6.14. The van der Waals surface area contributed by atoms with Crippen molar-refractivity contribution in [3.63, 3.8) is 0 Å². The second-order valence-corrected chi connectivity index (χ2v) is 5.85. The number of urea groups is 1. The van der Waals surface area contributed by atoms with Gasteiger partial charge in [-0.05, 0) is 37.8 Å². The zero-order chi connectivity index (χ0) is 16.1. The predicted molar refractivity (Wildman–Crippen MR) is 89.1 cm³/mol. The van der Waals surface area contributed by atoms with Crippen LogP contribution in [0.1, 0.15) is 24.5 Å².